The third-order valence-electron chi connectivity index (χ3n) is 3.04. The first-order chi connectivity index (χ1) is 7.87. The molecule has 0 radical (unpaired) electrons. The summed E-state index contributed by atoms with van der Waals surface area (Å²) in [6.07, 6.45) is -2.37. The van der Waals surface area contributed by atoms with Gasteiger partial charge in [0.15, 0.2) is 0 Å². The molecule has 1 saturated heterocycles. The predicted molar refractivity (Wildman–Crippen MR) is 59.7 cm³/mol. The maximum absolute atomic E-state index is 11.7. The van der Waals surface area contributed by atoms with E-state index in [1.54, 1.807) is 0 Å². The lowest BCUT2D eigenvalue weighted by Crippen LogP contribution is -2.31. The number of nitrogens with one attached hydrogen (secondary N) is 1. The molecule has 0 spiro atoms. The molecule has 0 amide bonds. The molecule has 2 unspecified atom stereocenters. The molecule has 1 aliphatic rings. The van der Waals surface area contributed by atoms with Crippen molar-refractivity contribution >= 4 is 0 Å². The topological polar surface area (TPSA) is 24.5 Å². The highest BCUT2D eigenvalue weighted by Crippen LogP contribution is 2.16. The van der Waals surface area contributed by atoms with Crippen molar-refractivity contribution in [2.24, 2.45) is 5.92 Å². The molecule has 0 saturated carbocycles. The lowest BCUT2D eigenvalue weighted by Gasteiger charge is -2.19. The number of rotatable bonds is 6. The molecular formula is C11H21F3N2O. The van der Waals surface area contributed by atoms with Gasteiger partial charge in [-0.2, -0.15) is 0 Å². The van der Waals surface area contributed by atoms with E-state index < -0.39 is 6.36 Å². The van der Waals surface area contributed by atoms with Crippen LogP contribution in [-0.2, 0) is 4.74 Å². The molecule has 1 N–H and O–H groups in total. The summed E-state index contributed by atoms with van der Waals surface area (Å²) in [6.45, 7) is 4.06. The van der Waals surface area contributed by atoms with Gasteiger partial charge in [0, 0.05) is 12.6 Å². The van der Waals surface area contributed by atoms with Crippen molar-refractivity contribution in [3.8, 4) is 0 Å². The molecule has 0 aromatic heterocycles. The second kappa shape index (κ2) is 6.56. The molecule has 2 atom stereocenters. The molecule has 1 rings (SSSR count). The van der Waals surface area contributed by atoms with Crippen LogP contribution >= 0.6 is 0 Å². The Morgan fingerprint density at radius 2 is 2.06 bits per heavy atom. The van der Waals surface area contributed by atoms with Gasteiger partial charge in [0.25, 0.3) is 0 Å². The smallest absolute Gasteiger partial charge is 0.314 e. The van der Waals surface area contributed by atoms with Crippen molar-refractivity contribution in [3.05, 3.63) is 0 Å². The van der Waals surface area contributed by atoms with Crippen molar-refractivity contribution in [1.82, 2.24) is 10.2 Å². The third-order valence-corrected chi connectivity index (χ3v) is 3.04. The van der Waals surface area contributed by atoms with Crippen LogP contribution in [-0.4, -0.2) is 50.6 Å². The molecule has 1 heterocycles. The normalized spacial score (nSPS) is 25.8. The van der Waals surface area contributed by atoms with Crippen molar-refractivity contribution in [3.63, 3.8) is 0 Å². The molecule has 0 bridgehead atoms. The minimum absolute atomic E-state index is 0.297. The van der Waals surface area contributed by atoms with Gasteiger partial charge in [0.05, 0.1) is 6.61 Å². The van der Waals surface area contributed by atoms with Crippen LogP contribution in [0.2, 0.25) is 0 Å². The largest absolute Gasteiger partial charge is 0.522 e. The summed E-state index contributed by atoms with van der Waals surface area (Å²) in [5, 5.41) is 3.40. The fraction of sp³-hybridized carbons (Fsp3) is 1.00. The van der Waals surface area contributed by atoms with Crippen LogP contribution < -0.4 is 5.32 Å². The van der Waals surface area contributed by atoms with Crippen molar-refractivity contribution in [2.45, 2.75) is 32.2 Å². The number of hydrogen-bond donors (Lipinski definition) is 1. The van der Waals surface area contributed by atoms with E-state index in [2.05, 4.69) is 17.0 Å². The van der Waals surface area contributed by atoms with Crippen LogP contribution in [0.3, 0.4) is 0 Å². The van der Waals surface area contributed by atoms with Gasteiger partial charge in [-0.3, -0.25) is 4.74 Å². The van der Waals surface area contributed by atoms with E-state index in [0.717, 1.165) is 25.9 Å². The van der Waals surface area contributed by atoms with Crippen LogP contribution in [0.5, 0.6) is 0 Å². The summed E-state index contributed by atoms with van der Waals surface area (Å²) >= 11 is 0. The lowest BCUT2D eigenvalue weighted by molar-refractivity contribution is -0.324. The highest BCUT2D eigenvalue weighted by Gasteiger charge is 2.28. The van der Waals surface area contributed by atoms with E-state index in [-0.39, 0.29) is 6.61 Å². The Bertz CT molecular complexity index is 223. The molecule has 3 nitrogen and oxygen atoms in total. The zero-order valence-corrected chi connectivity index (χ0v) is 10.4. The Morgan fingerprint density at radius 1 is 1.35 bits per heavy atom. The number of hydrogen-bond acceptors (Lipinski definition) is 3. The van der Waals surface area contributed by atoms with Crippen LogP contribution in [0.1, 0.15) is 19.8 Å². The molecule has 0 aromatic rings. The molecule has 6 heteroatoms. The fourth-order valence-electron chi connectivity index (χ4n) is 2.05. The summed E-state index contributed by atoms with van der Waals surface area (Å²) in [5.41, 5.74) is 0. The van der Waals surface area contributed by atoms with E-state index in [9.17, 15) is 13.2 Å². The molecule has 102 valence electrons. The predicted octanol–water partition coefficient (Wildman–Crippen LogP) is 1.84. The van der Waals surface area contributed by atoms with Crippen LogP contribution in [0.4, 0.5) is 13.2 Å². The number of alkyl halides is 3. The number of nitrogens with zero attached hydrogens (tertiary/aromatic N) is 1. The molecule has 17 heavy (non-hydrogen) atoms. The number of likely N-dealkylation sites (N-methyl/N-ethyl adjacent to an activating group) is 1. The Kier molecular flexibility index (Phi) is 5.69. The maximum Gasteiger partial charge on any atom is 0.522 e. The van der Waals surface area contributed by atoms with Gasteiger partial charge in [-0.25, -0.2) is 0 Å². The number of halogens is 3. The van der Waals surface area contributed by atoms with E-state index in [1.165, 1.54) is 0 Å². The molecule has 1 aliphatic heterocycles. The highest BCUT2D eigenvalue weighted by atomic mass is 19.4. The van der Waals surface area contributed by atoms with Gasteiger partial charge in [-0.05, 0) is 38.9 Å². The zero-order chi connectivity index (χ0) is 12.9. The lowest BCUT2D eigenvalue weighted by atomic mass is 10.1. The Balaban J connectivity index is 2.03. The van der Waals surface area contributed by atoms with Crippen LogP contribution in [0.25, 0.3) is 0 Å². The Labute approximate surface area is 100 Å². The molecule has 0 aliphatic carbocycles. The first kappa shape index (κ1) is 14.7. The molecular weight excluding hydrogens is 233 g/mol. The van der Waals surface area contributed by atoms with Crippen molar-refractivity contribution in [2.75, 3.05) is 33.3 Å². The van der Waals surface area contributed by atoms with Gasteiger partial charge in [0.2, 0.25) is 0 Å². The number of ether oxygens (including phenoxy) is 1. The van der Waals surface area contributed by atoms with Gasteiger partial charge in [-0.1, -0.05) is 6.92 Å². The SMILES string of the molecule is CC1CNC(CCN(C)CCOC(F)(F)F)C1. The van der Waals surface area contributed by atoms with Crippen LogP contribution in [0.15, 0.2) is 0 Å². The van der Waals surface area contributed by atoms with E-state index in [1.807, 2.05) is 11.9 Å². The van der Waals surface area contributed by atoms with Crippen molar-refractivity contribution < 1.29 is 17.9 Å². The first-order valence-corrected chi connectivity index (χ1v) is 5.99. The summed E-state index contributed by atoms with van der Waals surface area (Å²) in [4.78, 5) is 1.87. The average Bonchev–Trinajstić information content (AvgIpc) is 2.59. The minimum Gasteiger partial charge on any atom is -0.314 e. The maximum atomic E-state index is 11.7. The Morgan fingerprint density at radius 3 is 2.59 bits per heavy atom. The quantitative estimate of drug-likeness (QED) is 0.783. The van der Waals surface area contributed by atoms with Crippen molar-refractivity contribution in [1.29, 1.82) is 0 Å². The zero-order valence-electron chi connectivity index (χ0n) is 10.4. The molecule has 0 aromatic carbocycles. The van der Waals surface area contributed by atoms with Crippen LogP contribution in [0, 0.1) is 5.92 Å². The second-order valence-corrected chi connectivity index (χ2v) is 4.83. The first-order valence-electron chi connectivity index (χ1n) is 5.99. The van der Waals surface area contributed by atoms with Gasteiger partial charge < -0.3 is 10.2 Å². The Hall–Kier alpha value is -0.330. The second-order valence-electron chi connectivity index (χ2n) is 4.83. The molecule has 1 fully saturated rings. The monoisotopic (exact) mass is 254 g/mol. The van der Waals surface area contributed by atoms with Gasteiger partial charge >= 0.3 is 6.36 Å². The standard InChI is InChI=1S/C11H21F3N2O/c1-9-7-10(15-8-9)3-4-16(2)5-6-17-11(12,13)14/h9-10,15H,3-8H2,1-2H3. The summed E-state index contributed by atoms with van der Waals surface area (Å²) < 4.78 is 38.9. The fourth-order valence-corrected chi connectivity index (χ4v) is 2.05. The van der Waals surface area contributed by atoms with E-state index >= 15 is 0 Å². The highest BCUT2D eigenvalue weighted by molar-refractivity contribution is 4.79. The average molecular weight is 254 g/mol. The van der Waals surface area contributed by atoms with Gasteiger partial charge in [0.1, 0.15) is 0 Å². The van der Waals surface area contributed by atoms with Gasteiger partial charge in [-0.15, -0.1) is 13.2 Å². The third kappa shape index (κ3) is 6.85. The summed E-state index contributed by atoms with van der Waals surface area (Å²) in [7, 11) is 1.82. The summed E-state index contributed by atoms with van der Waals surface area (Å²) in [6, 6.07) is 0.510. The summed E-state index contributed by atoms with van der Waals surface area (Å²) in [5.74, 6) is 0.707. The van der Waals surface area contributed by atoms with E-state index in [0.29, 0.717) is 18.5 Å². The minimum atomic E-state index is -4.51. The van der Waals surface area contributed by atoms with E-state index in [4.69, 9.17) is 0 Å².